The SMILES string of the molecule is C[C@@H](NCCOc1ccc(Br)cc1)c1ccccc1F. The fraction of sp³-hybridized carbons (Fsp3) is 0.250. The van der Waals surface area contributed by atoms with Gasteiger partial charge in [0.1, 0.15) is 18.2 Å². The Morgan fingerprint density at radius 3 is 2.55 bits per heavy atom. The van der Waals surface area contributed by atoms with E-state index in [1.165, 1.54) is 6.07 Å². The molecule has 0 aliphatic carbocycles. The van der Waals surface area contributed by atoms with Crippen LogP contribution < -0.4 is 10.1 Å². The van der Waals surface area contributed by atoms with Crippen LogP contribution in [-0.4, -0.2) is 13.2 Å². The van der Waals surface area contributed by atoms with Crippen LogP contribution in [0.3, 0.4) is 0 Å². The molecule has 20 heavy (non-hydrogen) atoms. The summed E-state index contributed by atoms with van der Waals surface area (Å²) in [6.45, 7) is 3.14. The van der Waals surface area contributed by atoms with Crippen molar-refractivity contribution >= 4 is 15.9 Å². The number of hydrogen-bond acceptors (Lipinski definition) is 2. The molecule has 0 bridgehead atoms. The minimum Gasteiger partial charge on any atom is -0.492 e. The van der Waals surface area contributed by atoms with Crippen LogP contribution in [-0.2, 0) is 0 Å². The Morgan fingerprint density at radius 2 is 1.85 bits per heavy atom. The van der Waals surface area contributed by atoms with Gasteiger partial charge in [-0.3, -0.25) is 0 Å². The standard InChI is InChI=1S/C16H17BrFNO/c1-12(15-4-2-3-5-16(15)18)19-10-11-20-14-8-6-13(17)7-9-14/h2-9,12,19H,10-11H2,1H3/t12-/m1/s1. The molecule has 106 valence electrons. The number of rotatable bonds is 6. The molecule has 0 heterocycles. The minimum atomic E-state index is -0.179. The van der Waals surface area contributed by atoms with Crippen LogP contribution in [0.15, 0.2) is 53.0 Å². The molecule has 0 aromatic heterocycles. The van der Waals surface area contributed by atoms with E-state index >= 15 is 0 Å². The maximum Gasteiger partial charge on any atom is 0.127 e. The monoisotopic (exact) mass is 337 g/mol. The second-order valence-electron chi connectivity index (χ2n) is 4.50. The second kappa shape index (κ2) is 7.41. The molecule has 0 saturated heterocycles. The molecule has 2 rings (SSSR count). The van der Waals surface area contributed by atoms with Crippen molar-refractivity contribution < 1.29 is 9.13 Å². The largest absolute Gasteiger partial charge is 0.492 e. The zero-order valence-electron chi connectivity index (χ0n) is 11.3. The van der Waals surface area contributed by atoms with Crippen molar-refractivity contribution in [2.45, 2.75) is 13.0 Å². The summed E-state index contributed by atoms with van der Waals surface area (Å²) in [6.07, 6.45) is 0. The summed E-state index contributed by atoms with van der Waals surface area (Å²) >= 11 is 3.38. The third kappa shape index (κ3) is 4.32. The molecule has 0 saturated carbocycles. The van der Waals surface area contributed by atoms with Crippen molar-refractivity contribution in [1.82, 2.24) is 5.32 Å². The quantitative estimate of drug-likeness (QED) is 0.792. The lowest BCUT2D eigenvalue weighted by atomic mass is 10.1. The maximum absolute atomic E-state index is 13.6. The zero-order chi connectivity index (χ0) is 14.4. The van der Waals surface area contributed by atoms with E-state index < -0.39 is 0 Å². The highest BCUT2D eigenvalue weighted by Gasteiger charge is 2.08. The topological polar surface area (TPSA) is 21.3 Å². The summed E-state index contributed by atoms with van der Waals surface area (Å²) in [5, 5.41) is 3.25. The Morgan fingerprint density at radius 1 is 1.15 bits per heavy atom. The third-order valence-electron chi connectivity index (χ3n) is 3.01. The molecule has 4 heteroatoms. The van der Waals surface area contributed by atoms with Gasteiger partial charge in [0.25, 0.3) is 0 Å². The molecule has 2 nitrogen and oxygen atoms in total. The number of hydrogen-bond donors (Lipinski definition) is 1. The second-order valence-corrected chi connectivity index (χ2v) is 5.42. The van der Waals surface area contributed by atoms with Gasteiger partial charge in [0, 0.05) is 22.6 Å². The molecule has 0 aliphatic heterocycles. The van der Waals surface area contributed by atoms with Crippen molar-refractivity contribution in [3.63, 3.8) is 0 Å². The van der Waals surface area contributed by atoms with Gasteiger partial charge in [-0.2, -0.15) is 0 Å². The van der Waals surface area contributed by atoms with Gasteiger partial charge in [0.15, 0.2) is 0 Å². The van der Waals surface area contributed by atoms with E-state index in [1.54, 1.807) is 12.1 Å². The maximum atomic E-state index is 13.6. The van der Waals surface area contributed by atoms with E-state index in [1.807, 2.05) is 37.3 Å². The minimum absolute atomic E-state index is 0.0373. The highest BCUT2D eigenvalue weighted by atomic mass is 79.9. The molecule has 0 fully saturated rings. The molecule has 0 amide bonds. The molecule has 0 spiro atoms. The summed E-state index contributed by atoms with van der Waals surface area (Å²) < 4.78 is 20.2. The Kier molecular flexibility index (Phi) is 5.56. The predicted octanol–water partition coefficient (Wildman–Crippen LogP) is 4.32. The van der Waals surface area contributed by atoms with Crippen molar-refractivity contribution in [3.8, 4) is 5.75 Å². The molecule has 1 atom stereocenters. The van der Waals surface area contributed by atoms with Crippen molar-refractivity contribution in [2.24, 2.45) is 0 Å². The first-order valence-electron chi connectivity index (χ1n) is 6.53. The van der Waals surface area contributed by atoms with E-state index in [0.717, 1.165) is 10.2 Å². The predicted molar refractivity (Wildman–Crippen MR) is 82.5 cm³/mol. The average molecular weight is 338 g/mol. The highest BCUT2D eigenvalue weighted by molar-refractivity contribution is 9.10. The van der Waals surface area contributed by atoms with Gasteiger partial charge in [0.2, 0.25) is 0 Å². The van der Waals surface area contributed by atoms with E-state index in [2.05, 4.69) is 21.2 Å². The van der Waals surface area contributed by atoms with E-state index in [-0.39, 0.29) is 11.9 Å². The molecule has 2 aromatic rings. The lowest BCUT2D eigenvalue weighted by molar-refractivity contribution is 0.306. The molecular formula is C16H17BrFNO. The van der Waals surface area contributed by atoms with Crippen LogP contribution in [0, 0.1) is 5.82 Å². The molecule has 2 aromatic carbocycles. The number of ether oxygens (including phenoxy) is 1. The van der Waals surface area contributed by atoms with Gasteiger partial charge in [-0.25, -0.2) is 4.39 Å². The van der Waals surface area contributed by atoms with E-state index in [0.29, 0.717) is 18.7 Å². The zero-order valence-corrected chi connectivity index (χ0v) is 12.9. The molecule has 0 radical (unpaired) electrons. The number of nitrogens with one attached hydrogen (secondary N) is 1. The molecular weight excluding hydrogens is 321 g/mol. The van der Waals surface area contributed by atoms with Crippen LogP contribution >= 0.6 is 15.9 Å². The normalized spacial score (nSPS) is 12.2. The van der Waals surface area contributed by atoms with Gasteiger partial charge >= 0.3 is 0 Å². The van der Waals surface area contributed by atoms with E-state index in [9.17, 15) is 4.39 Å². The van der Waals surface area contributed by atoms with Crippen LogP contribution in [0.4, 0.5) is 4.39 Å². The fourth-order valence-corrected chi connectivity index (χ4v) is 2.18. The Labute approximate surface area is 127 Å². The first-order valence-corrected chi connectivity index (χ1v) is 7.32. The number of benzene rings is 2. The van der Waals surface area contributed by atoms with Crippen LogP contribution in [0.5, 0.6) is 5.75 Å². The molecule has 1 N–H and O–H groups in total. The summed E-state index contributed by atoms with van der Waals surface area (Å²) in [5.74, 6) is 0.648. The van der Waals surface area contributed by atoms with Crippen LogP contribution in [0.1, 0.15) is 18.5 Å². The highest BCUT2D eigenvalue weighted by Crippen LogP contribution is 2.17. The number of halogens is 2. The van der Waals surface area contributed by atoms with Gasteiger partial charge in [-0.1, -0.05) is 34.1 Å². The molecule has 0 aliphatic rings. The Hall–Kier alpha value is -1.39. The summed E-state index contributed by atoms with van der Waals surface area (Å²) in [5.41, 5.74) is 0.677. The van der Waals surface area contributed by atoms with E-state index in [4.69, 9.17) is 4.74 Å². The van der Waals surface area contributed by atoms with Crippen molar-refractivity contribution in [1.29, 1.82) is 0 Å². The van der Waals surface area contributed by atoms with Crippen LogP contribution in [0.25, 0.3) is 0 Å². The van der Waals surface area contributed by atoms with Gasteiger partial charge < -0.3 is 10.1 Å². The van der Waals surface area contributed by atoms with Crippen LogP contribution in [0.2, 0.25) is 0 Å². The first-order chi connectivity index (χ1) is 9.66. The summed E-state index contributed by atoms with van der Waals surface area (Å²) in [7, 11) is 0. The van der Waals surface area contributed by atoms with Gasteiger partial charge in [-0.15, -0.1) is 0 Å². The summed E-state index contributed by atoms with van der Waals surface area (Å²) in [6, 6.07) is 14.5. The van der Waals surface area contributed by atoms with Gasteiger partial charge in [0.05, 0.1) is 0 Å². The average Bonchev–Trinajstić information content (AvgIpc) is 2.46. The fourth-order valence-electron chi connectivity index (χ4n) is 1.91. The summed E-state index contributed by atoms with van der Waals surface area (Å²) in [4.78, 5) is 0. The Balaban J connectivity index is 1.76. The van der Waals surface area contributed by atoms with Gasteiger partial charge in [-0.05, 0) is 37.3 Å². The van der Waals surface area contributed by atoms with Crippen molar-refractivity contribution in [2.75, 3.05) is 13.2 Å². The lowest BCUT2D eigenvalue weighted by Crippen LogP contribution is -2.24. The Bertz CT molecular complexity index is 544. The first kappa shape index (κ1) is 15.0. The van der Waals surface area contributed by atoms with Crippen molar-refractivity contribution in [3.05, 3.63) is 64.4 Å². The lowest BCUT2D eigenvalue weighted by Gasteiger charge is -2.15. The smallest absolute Gasteiger partial charge is 0.127 e. The third-order valence-corrected chi connectivity index (χ3v) is 3.54. The molecule has 0 unspecified atom stereocenters.